The lowest BCUT2D eigenvalue weighted by molar-refractivity contribution is 1.06. The van der Waals surface area contributed by atoms with E-state index in [0.29, 0.717) is 0 Å². The standard InChI is InChI=1S/C7H11Cl/c1-2-3-7(8)6-4-5-6/h3,6H,2,4-5H2,1H3. The van der Waals surface area contributed by atoms with Gasteiger partial charge in [0.25, 0.3) is 0 Å². The molecule has 0 aromatic carbocycles. The van der Waals surface area contributed by atoms with Crippen LogP contribution in [0.15, 0.2) is 11.1 Å². The van der Waals surface area contributed by atoms with Gasteiger partial charge in [-0.1, -0.05) is 24.6 Å². The fraction of sp³-hybridized carbons (Fsp3) is 0.714. The minimum Gasteiger partial charge on any atom is -0.0892 e. The van der Waals surface area contributed by atoms with Crippen molar-refractivity contribution in [1.29, 1.82) is 0 Å². The van der Waals surface area contributed by atoms with Gasteiger partial charge in [0.05, 0.1) is 0 Å². The maximum absolute atomic E-state index is 5.84. The highest BCUT2D eigenvalue weighted by Crippen LogP contribution is 2.38. The quantitative estimate of drug-likeness (QED) is 0.539. The van der Waals surface area contributed by atoms with Crippen molar-refractivity contribution in [2.75, 3.05) is 0 Å². The fourth-order valence-corrected chi connectivity index (χ4v) is 1.09. The smallest absolute Gasteiger partial charge is 0.0172 e. The molecule has 0 spiro atoms. The van der Waals surface area contributed by atoms with Gasteiger partial charge < -0.3 is 0 Å². The van der Waals surface area contributed by atoms with E-state index in [9.17, 15) is 0 Å². The van der Waals surface area contributed by atoms with Crippen molar-refractivity contribution in [3.63, 3.8) is 0 Å². The zero-order valence-corrected chi connectivity index (χ0v) is 5.91. The molecule has 0 unspecified atom stereocenters. The first kappa shape index (κ1) is 6.15. The van der Waals surface area contributed by atoms with Crippen molar-refractivity contribution in [2.45, 2.75) is 26.2 Å². The number of rotatable bonds is 2. The maximum Gasteiger partial charge on any atom is 0.0172 e. The van der Waals surface area contributed by atoms with Crippen LogP contribution >= 0.6 is 11.6 Å². The molecule has 0 aromatic rings. The molecule has 0 N–H and O–H groups in total. The Balaban J connectivity index is 2.31. The largest absolute Gasteiger partial charge is 0.0892 e. The number of hydrogen-bond acceptors (Lipinski definition) is 0. The Bertz CT molecular complexity index is 101. The Morgan fingerprint density at radius 2 is 2.38 bits per heavy atom. The van der Waals surface area contributed by atoms with E-state index in [1.165, 1.54) is 12.8 Å². The molecule has 0 radical (unpaired) electrons. The van der Waals surface area contributed by atoms with Crippen LogP contribution < -0.4 is 0 Å². The van der Waals surface area contributed by atoms with Crippen LogP contribution in [0.2, 0.25) is 0 Å². The van der Waals surface area contributed by atoms with Crippen molar-refractivity contribution in [3.05, 3.63) is 11.1 Å². The van der Waals surface area contributed by atoms with Crippen LogP contribution in [0.5, 0.6) is 0 Å². The van der Waals surface area contributed by atoms with Crippen LogP contribution in [0.1, 0.15) is 26.2 Å². The van der Waals surface area contributed by atoms with Crippen molar-refractivity contribution >= 4 is 11.6 Å². The molecule has 0 saturated heterocycles. The van der Waals surface area contributed by atoms with E-state index < -0.39 is 0 Å². The lowest BCUT2D eigenvalue weighted by Gasteiger charge is -1.88. The Morgan fingerprint density at radius 3 is 2.75 bits per heavy atom. The molecule has 0 aromatic heterocycles. The van der Waals surface area contributed by atoms with Gasteiger partial charge in [0.2, 0.25) is 0 Å². The first-order chi connectivity index (χ1) is 3.84. The molecular formula is C7H11Cl. The van der Waals surface area contributed by atoms with Gasteiger partial charge >= 0.3 is 0 Å². The van der Waals surface area contributed by atoms with Crippen LogP contribution in [0.4, 0.5) is 0 Å². The molecule has 46 valence electrons. The molecule has 0 atom stereocenters. The molecule has 0 bridgehead atoms. The van der Waals surface area contributed by atoms with Gasteiger partial charge in [-0.15, -0.1) is 0 Å². The number of halogens is 1. The maximum atomic E-state index is 5.84. The average Bonchev–Trinajstić information content (AvgIpc) is 2.45. The normalized spacial score (nSPS) is 21.5. The highest BCUT2D eigenvalue weighted by molar-refractivity contribution is 6.30. The molecule has 1 aliphatic rings. The summed E-state index contributed by atoms with van der Waals surface area (Å²) < 4.78 is 0. The third-order valence-corrected chi connectivity index (χ3v) is 1.83. The predicted octanol–water partition coefficient (Wildman–Crippen LogP) is 2.93. The van der Waals surface area contributed by atoms with Gasteiger partial charge in [-0.3, -0.25) is 0 Å². The summed E-state index contributed by atoms with van der Waals surface area (Å²) in [6, 6.07) is 0. The average molecular weight is 131 g/mol. The van der Waals surface area contributed by atoms with E-state index in [-0.39, 0.29) is 0 Å². The summed E-state index contributed by atoms with van der Waals surface area (Å²) in [7, 11) is 0. The fourth-order valence-electron chi connectivity index (χ4n) is 0.721. The highest BCUT2D eigenvalue weighted by atomic mass is 35.5. The highest BCUT2D eigenvalue weighted by Gasteiger charge is 2.23. The monoisotopic (exact) mass is 130 g/mol. The molecule has 0 aliphatic heterocycles. The van der Waals surface area contributed by atoms with Gasteiger partial charge in [-0.25, -0.2) is 0 Å². The Labute approximate surface area is 55.5 Å². The zero-order chi connectivity index (χ0) is 5.98. The molecule has 1 fully saturated rings. The van der Waals surface area contributed by atoms with Gasteiger partial charge in [0.15, 0.2) is 0 Å². The second-order valence-corrected chi connectivity index (χ2v) is 2.71. The van der Waals surface area contributed by atoms with E-state index in [1.54, 1.807) is 0 Å². The summed E-state index contributed by atoms with van der Waals surface area (Å²) in [5.41, 5.74) is 0. The molecule has 1 aliphatic carbocycles. The molecule has 8 heavy (non-hydrogen) atoms. The van der Waals surface area contributed by atoms with Crippen molar-refractivity contribution < 1.29 is 0 Å². The van der Waals surface area contributed by atoms with Crippen molar-refractivity contribution in [1.82, 2.24) is 0 Å². The molecule has 0 nitrogen and oxygen atoms in total. The van der Waals surface area contributed by atoms with Crippen LogP contribution in [-0.2, 0) is 0 Å². The molecular weight excluding hydrogens is 120 g/mol. The minimum absolute atomic E-state index is 0.747. The van der Waals surface area contributed by atoms with Crippen LogP contribution in [0.3, 0.4) is 0 Å². The second kappa shape index (κ2) is 2.54. The van der Waals surface area contributed by atoms with Crippen LogP contribution in [-0.4, -0.2) is 0 Å². The predicted molar refractivity (Wildman–Crippen MR) is 37.0 cm³/mol. The summed E-state index contributed by atoms with van der Waals surface area (Å²) in [6.07, 6.45) is 5.82. The SMILES string of the molecule is CCC=C(Cl)C1CC1. The molecule has 0 amide bonds. The lowest BCUT2D eigenvalue weighted by atomic mass is 10.3. The zero-order valence-electron chi connectivity index (χ0n) is 5.15. The summed E-state index contributed by atoms with van der Waals surface area (Å²) in [4.78, 5) is 0. The number of hydrogen-bond donors (Lipinski definition) is 0. The minimum atomic E-state index is 0.747. The van der Waals surface area contributed by atoms with Crippen molar-refractivity contribution in [2.24, 2.45) is 5.92 Å². The van der Waals surface area contributed by atoms with Gasteiger partial charge in [0, 0.05) is 5.03 Å². The van der Waals surface area contributed by atoms with Gasteiger partial charge in [0.1, 0.15) is 0 Å². The van der Waals surface area contributed by atoms with Crippen LogP contribution in [0.25, 0.3) is 0 Å². The first-order valence-corrected chi connectivity index (χ1v) is 3.58. The molecule has 1 rings (SSSR count). The van der Waals surface area contributed by atoms with Crippen molar-refractivity contribution in [3.8, 4) is 0 Å². The van der Waals surface area contributed by atoms with E-state index in [1.807, 2.05) is 0 Å². The van der Waals surface area contributed by atoms with E-state index in [2.05, 4.69) is 13.0 Å². The molecule has 0 heterocycles. The Kier molecular flexibility index (Phi) is 1.95. The summed E-state index contributed by atoms with van der Waals surface area (Å²) in [5, 5.41) is 1.09. The van der Waals surface area contributed by atoms with Gasteiger partial charge in [-0.2, -0.15) is 0 Å². The lowest BCUT2D eigenvalue weighted by Crippen LogP contribution is -1.71. The number of allylic oxidation sites excluding steroid dienone is 2. The molecule has 1 heteroatoms. The Hall–Kier alpha value is 0.0300. The third kappa shape index (κ3) is 1.52. The Morgan fingerprint density at radius 1 is 1.75 bits per heavy atom. The summed E-state index contributed by atoms with van der Waals surface area (Å²) in [6.45, 7) is 2.12. The first-order valence-electron chi connectivity index (χ1n) is 3.20. The van der Waals surface area contributed by atoms with E-state index >= 15 is 0 Å². The topological polar surface area (TPSA) is 0 Å². The van der Waals surface area contributed by atoms with E-state index in [4.69, 9.17) is 11.6 Å². The third-order valence-electron chi connectivity index (χ3n) is 1.37. The van der Waals surface area contributed by atoms with Crippen LogP contribution in [0, 0.1) is 5.92 Å². The molecule has 1 saturated carbocycles. The second-order valence-electron chi connectivity index (χ2n) is 2.27. The van der Waals surface area contributed by atoms with E-state index in [0.717, 1.165) is 17.4 Å². The summed E-state index contributed by atoms with van der Waals surface area (Å²) >= 11 is 5.84. The summed E-state index contributed by atoms with van der Waals surface area (Å²) in [5.74, 6) is 0.747. The van der Waals surface area contributed by atoms with Gasteiger partial charge in [-0.05, 0) is 25.2 Å².